The van der Waals surface area contributed by atoms with E-state index in [0.29, 0.717) is 41.8 Å². The summed E-state index contributed by atoms with van der Waals surface area (Å²) >= 11 is 6.38. The fourth-order valence-corrected chi connectivity index (χ4v) is 3.04. The summed E-state index contributed by atoms with van der Waals surface area (Å²) in [4.78, 5) is 4.32. The van der Waals surface area contributed by atoms with Gasteiger partial charge in [-0.15, -0.1) is 0 Å². The van der Waals surface area contributed by atoms with E-state index in [2.05, 4.69) is 11.9 Å². The molecule has 5 heteroatoms. The average Bonchev–Trinajstić information content (AvgIpc) is 2.51. The van der Waals surface area contributed by atoms with Crippen LogP contribution in [0.4, 0.5) is 0 Å². The van der Waals surface area contributed by atoms with Crippen molar-refractivity contribution in [3.8, 4) is 11.6 Å². The van der Waals surface area contributed by atoms with Crippen LogP contribution in [0.25, 0.3) is 10.8 Å². The fourth-order valence-electron chi connectivity index (χ4n) is 2.82. The van der Waals surface area contributed by atoms with Gasteiger partial charge in [-0.3, -0.25) is 0 Å². The Kier molecular flexibility index (Phi) is 5.23. The summed E-state index contributed by atoms with van der Waals surface area (Å²) in [6.45, 7) is 3.47. The Hall–Kier alpha value is -1.52. The molecule has 0 radical (unpaired) electrons. The highest BCUT2D eigenvalue weighted by molar-refractivity contribution is 6.33. The first-order chi connectivity index (χ1) is 11.2. The van der Waals surface area contributed by atoms with E-state index in [1.165, 1.54) is 0 Å². The minimum atomic E-state index is 0.338. The number of hydrogen-bond donors (Lipinski definition) is 1. The Morgan fingerprint density at radius 2 is 2.13 bits per heavy atom. The molecule has 0 spiro atoms. The third-order valence-corrected chi connectivity index (χ3v) is 4.56. The second kappa shape index (κ2) is 7.37. The van der Waals surface area contributed by atoms with Crippen molar-refractivity contribution in [1.82, 2.24) is 4.98 Å². The fraction of sp³-hybridized carbons (Fsp3) is 0.500. The zero-order valence-corrected chi connectivity index (χ0v) is 14.2. The lowest BCUT2D eigenvalue weighted by Gasteiger charge is -2.32. The van der Waals surface area contributed by atoms with Gasteiger partial charge in [0.2, 0.25) is 5.88 Å². The van der Waals surface area contributed by atoms with Gasteiger partial charge >= 0.3 is 0 Å². The van der Waals surface area contributed by atoms with Gasteiger partial charge < -0.3 is 15.2 Å². The first kappa shape index (κ1) is 16.3. The summed E-state index contributed by atoms with van der Waals surface area (Å²) in [5, 5.41) is 2.54. The topological polar surface area (TPSA) is 57.4 Å². The van der Waals surface area contributed by atoms with Crippen LogP contribution in [0, 0.1) is 5.92 Å². The third-order valence-electron chi connectivity index (χ3n) is 4.26. The molecule has 4 nitrogen and oxygen atoms in total. The van der Waals surface area contributed by atoms with E-state index in [1.807, 2.05) is 18.2 Å². The largest absolute Gasteiger partial charge is 0.492 e. The number of benzene rings is 1. The van der Waals surface area contributed by atoms with Crippen LogP contribution in [0.3, 0.4) is 0 Å². The molecule has 1 fully saturated rings. The van der Waals surface area contributed by atoms with Gasteiger partial charge in [0, 0.05) is 17.6 Å². The normalized spacial score (nSPS) is 20.3. The third kappa shape index (κ3) is 3.88. The summed E-state index contributed by atoms with van der Waals surface area (Å²) < 4.78 is 11.7. The van der Waals surface area contributed by atoms with Gasteiger partial charge in [0.15, 0.2) is 0 Å². The summed E-state index contributed by atoms with van der Waals surface area (Å²) in [6, 6.07) is 6.13. The highest BCUT2D eigenvalue weighted by atomic mass is 35.5. The van der Waals surface area contributed by atoms with E-state index in [-0.39, 0.29) is 0 Å². The lowest BCUT2D eigenvalue weighted by molar-refractivity contribution is 0.160. The number of nitrogens with zero attached hydrogens (tertiary/aromatic N) is 1. The molecular weight excluding hydrogens is 312 g/mol. The standard InChI is InChI=1S/C18H23ClN2O2/c1-2-3-6-22-18-15-10-16(19)17(9-13(15)4-5-21-18)23-11-12-7-14(20)8-12/h4-5,9-10,12,14H,2-3,6-8,11,20H2,1H3/t12-,14+. The van der Waals surface area contributed by atoms with Gasteiger partial charge in [-0.25, -0.2) is 4.98 Å². The first-order valence-electron chi connectivity index (χ1n) is 8.26. The van der Waals surface area contributed by atoms with E-state index in [4.69, 9.17) is 26.8 Å². The van der Waals surface area contributed by atoms with Crippen molar-refractivity contribution in [3.05, 3.63) is 29.4 Å². The predicted molar refractivity (Wildman–Crippen MR) is 93.4 cm³/mol. The molecule has 0 bridgehead atoms. The Morgan fingerprint density at radius 3 is 2.87 bits per heavy atom. The van der Waals surface area contributed by atoms with Crippen LogP contribution in [-0.4, -0.2) is 24.2 Å². The summed E-state index contributed by atoms with van der Waals surface area (Å²) in [6.07, 6.45) is 5.92. The van der Waals surface area contributed by atoms with E-state index in [9.17, 15) is 0 Å². The van der Waals surface area contributed by atoms with Crippen molar-refractivity contribution in [3.63, 3.8) is 0 Å². The zero-order chi connectivity index (χ0) is 16.2. The van der Waals surface area contributed by atoms with Gasteiger partial charge in [-0.1, -0.05) is 24.9 Å². The van der Waals surface area contributed by atoms with Gasteiger partial charge in [0.1, 0.15) is 5.75 Å². The molecule has 1 heterocycles. The number of rotatable bonds is 7. The zero-order valence-electron chi connectivity index (χ0n) is 13.4. The molecule has 124 valence electrons. The van der Waals surface area contributed by atoms with Crippen molar-refractivity contribution < 1.29 is 9.47 Å². The molecule has 1 aromatic carbocycles. The van der Waals surface area contributed by atoms with Gasteiger partial charge in [0.05, 0.1) is 18.2 Å². The Balaban J connectivity index is 1.75. The molecule has 2 N–H and O–H groups in total. The highest BCUT2D eigenvalue weighted by Gasteiger charge is 2.26. The molecule has 0 atom stereocenters. The van der Waals surface area contributed by atoms with E-state index in [0.717, 1.165) is 36.5 Å². The molecule has 2 aromatic rings. The molecule has 0 amide bonds. The monoisotopic (exact) mass is 334 g/mol. The van der Waals surface area contributed by atoms with Crippen LogP contribution >= 0.6 is 11.6 Å². The molecule has 0 saturated heterocycles. The molecule has 1 aromatic heterocycles. The summed E-state index contributed by atoms with van der Waals surface area (Å²) in [5.74, 6) is 1.89. The van der Waals surface area contributed by atoms with Gasteiger partial charge in [0.25, 0.3) is 0 Å². The van der Waals surface area contributed by atoms with Crippen LogP contribution in [0.15, 0.2) is 24.4 Å². The summed E-state index contributed by atoms with van der Waals surface area (Å²) in [7, 11) is 0. The Labute approximate surface area is 141 Å². The van der Waals surface area contributed by atoms with Crippen molar-refractivity contribution in [2.24, 2.45) is 11.7 Å². The Morgan fingerprint density at radius 1 is 1.30 bits per heavy atom. The molecule has 1 saturated carbocycles. The van der Waals surface area contributed by atoms with Crippen LogP contribution < -0.4 is 15.2 Å². The smallest absolute Gasteiger partial charge is 0.221 e. The number of fused-ring (bicyclic) bond motifs is 1. The first-order valence-corrected chi connectivity index (χ1v) is 8.64. The van der Waals surface area contributed by atoms with Crippen molar-refractivity contribution in [1.29, 1.82) is 0 Å². The Bertz CT molecular complexity index is 671. The van der Waals surface area contributed by atoms with E-state index < -0.39 is 0 Å². The lowest BCUT2D eigenvalue weighted by atomic mass is 9.82. The number of pyridine rings is 1. The lowest BCUT2D eigenvalue weighted by Crippen LogP contribution is -2.39. The molecule has 0 unspecified atom stereocenters. The maximum absolute atomic E-state index is 6.38. The molecule has 23 heavy (non-hydrogen) atoms. The number of unbranched alkanes of at least 4 members (excludes halogenated alkanes) is 1. The molecule has 1 aliphatic carbocycles. The van der Waals surface area contributed by atoms with Crippen LogP contribution in [0.1, 0.15) is 32.6 Å². The van der Waals surface area contributed by atoms with Gasteiger partial charge in [-0.2, -0.15) is 0 Å². The summed E-state index contributed by atoms with van der Waals surface area (Å²) in [5.41, 5.74) is 5.81. The molecule has 0 aliphatic heterocycles. The quantitative estimate of drug-likeness (QED) is 0.771. The van der Waals surface area contributed by atoms with Crippen LogP contribution in [-0.2, 0) is 0 Å². The number of hydrogen-bond acceptors (Lipinski definition) is 4. The van der Waals surface area contributed by atoms with Crippen molar-refractivity contribution in [2.75, 3.05) is 13.2 Å². The van der Waals surface area contributed by atoms with Crippen molar-refractivity contribution in [2.45, 2.75) is 38.6 Å². The molecule has 1 aliphatic rings. The highest BCUT2D eigenvalue weighted by Crippen LogP contribution is 2.35. The number of nitrogens with two attached hydrogens (primary N) is 1. The minimum absolute atomic E-state index is 0.338. The number of halogens is 1. The predicted octanol–water partition coefficient (Wildman–Crippen LogP) is 4.18. The van der Waals surface area contributed by atoms with E-state index in [1.54, 1.807) is 6.20 Å². The van der Waals surface area contributed by atoms with Crippen LogP contribution in [0.5, 0.6) is 11.6 Å². The van der Waals surface area contributed by atoms with Crippen molar-refractivity contribution >= 4 is 22.4 Å². The average molecular weight is 335 g/mol. The molecular formula is C18H23ClN2O2. The second-order valence-corrected chi connectivity index (χ2v) is 6.64. The van der Waals surface area contributed by atoms with Gasteiger partial charge in [-0.05, 0) is 48.8 Å². The number of ether oxygens (including phenoxy) is 2. The maximum atomic E-state index is 6.38. The van der Waals surface area contributed by atoms with E-state index >= 15 is 0 Å². The SMILES string of the molecule is CCCCOc1nccc2cc(OC[C@H]3C[C@@H](N)C3)c(Cl)cc12. The minimum Gasteiger partial charge on any atom is -0.492 e. The second-order valence-electron chi connectivity index (χ2n) is 6.23. The van der Waals surface area contributed by atoms with Crippen LogP contribution in [0.2, 0.25) is 5.02 Å². The molecule has 3 rings (SSSR count). The maximum Gasteiger partial charge on any atom is 0.221 e. The number of aromatic nitrogens is 1.